The molecule has 13 heteroatoms. The van der Waals surface area contributed by atoms with Crippen LogP contribution in [-0.2, 0) is 4.57 Å². The molecule has 256 valence electrons. The number of piperidine rings is 1. The Bertz CT molecular complexity index is 1990. The molecule has 3 aromatic heterocycles. The summed E-state index contributed by atoms with van der Waals surface area (Å²) in [7, 11) is 1.19. The zero-order valence-corrected chi connectivity index (χ0v) is 30.8. The van der Waals surface area contributed by atoms with Crippen LogP contribution in [0.15, 0.2) is 76.3 Å². The van der Waals surface area contributed by atoms with Gasteiger partial charge in [0.2, 0.25) is 5.95 Å². The molecular formula is C36H42BrN8O3P. The van der Waals surface area contributed by atoms with Crippen LogP contribution in [0, 0.1) is 0 Å². The van der Waals surface area contributed by atoms with Gasteiger partial charge in [0.1, 0.15) is 18.7 Å². The van der Waals surface area contributed by atoms with Crippen LogP contribution in [0.1, 0.15) is 12.8 Å². The van der Waals surface area contributed by atoms with Crippen LogP contribution in [0.25, 0.3) is 22.0 Å². The number of furan rings is 1. The first-order valence-corrected chi connectivity index (χ1v) is 20.0. The lowest BCUT2D eigenvalue weighted by Crippen LogP contribution is -2.52. The van der Waals surface area contributed by atoms with E-state index in [4.69, 9.17) is 14.1 Å². The Hall–Kier alpha value is -3.96. The second kappa shape index (κ2) is 14.1. The fraction of sp³-hybridized carbons (Fsp3) is 0.361. The van der Waals surface area contributed by atoms with Crippen LogP contribution >= 0.6 is 23.1 Å². The average Bonchev–Trinajstić information content (AvgIpc) is 3.64. The number of anilines is 5. The number of aromatic nitrogens is 3. The maximum absolute atomic E-state index is 13.5. The maximum Gasteiger partial charge on any atom is 0.229 e. The third-order valence-electron chi connectivity index (χ3n) is 9.54. The second-order valence-electron chi connectivity index (χ2n) is 13.2. The van der Waals surface area contributed by atoms with Crippen LogP contribution in [0.2, 0.25) is 0 Å². The lowest BCUT2D eigenvalue weighted by Gasteiger charge is -2.43. The predicted molar refractivity (Wildman–Crippen MR) is 202 cm³/mol. The fourth-order valence-electron chi connectivity index (χ4n) is 6.97. The zero-order valence-electron chi connectivity index (χ0n) is 28.3. The Morgan fingerprint density at radius 3 is 2.45 bits per heavy atom. The van der Waals surface area contributed by atoms with Crippen molar-refractivity contribution in [3.05, 3.63) is 71.9 Å². The van der Waals surface area contributed by atoms with E-state index < -0.39 is 7.14 Å². The number of rotatable bonds is 9. The van der Waals surface area contributed by atoms with Crippen molar-refractivity contribution < 1.29 is 13.7 Å². The van der Waals surface area contributed by atoms with E-state index in [1.165, 1.54) is 0 Å². The third-order valence-corrected chi connectivity index (χ3v) is 11.7. The van der Waals surface area contributed by atoms with E-state index in [1.54, 1.807) is 45.4 Å². The lowest BCUT2D eigenvalue weighted by atomic mass is 9.98. The van der Waals surface area contributed by atoms with Crippen LogP contribution in [0.3, 0.4) is 0 Å². The summed E-state index contributed by atoms with van der Waals surface area (Å²) in [4.78, 5) is 21.5. The number of piperazine rings is 1. The Morgan fingerprint density at radius 1 is 0.959 bits per heavy atom. The molecule has 49 heavy (non-hydrogen) atoms. The monoisotopic (exact) mass is 744 g/mol. The predicted octanol–water partition coefficient (Wildman–Crippen LogP) is 7.01. The molecule has 2 N–H and O–H groups in total. The first-order chi connectivity index (χ1) is 23.7. The molecule has 0 saturated carbocycles. The molecule has 0 radical (unpaired) electrons. The molecule has 0 aliphatic carbocycles. The van der Waals surface area contributed by atoms with Crippen LogP contribution in [0.5, 0.6) is 5.75 Å². The highest BCUT2D eigenvalue weighted by Gasteiger charge is 2.29. The topological polar surface area (TPSA) is 112 Å². The van der Waals surface area contributed by atoms with Crippen molar-refractivity contribution >= 4 is 68.1 Å². The molecule has 5 heterocycles. The van der Waals surface area contributed by atoms with Gasteiger partial charge in [-0.05, 0) is 67.3 Å². The van der Waals surface area contributed by atoms with E-state index >= 15 is 0 Å². The third kappa shape index (κ3) is 7.19. The van der Waals surface area contributed by atoms with E-state index in [2.05, 4.69) is 70.4 Å². The highest BCUT2D eigenvalue weighted by molar-refractivity contribution is 9.10. The standard InChI is InChI=1S/C36H42BrN8O3P/c1-43-14-16-44(17-15-43)25-9-12-45(13-10-25)32-20-33(47-2)30(19-27(32)24-11-18-48-23-24)41-36-39-21-28(37)35(42-36)40-31-22-38-29-8-6-5-7-26(29)34(31)49(3,4)46/h5-8,11,18-23,25H,9-10,12-17H2,1-4H3,(H2,39,40,41,42). The number of para-hydroxylation sites is 1. The highest BCUT2D eigenvalue weighted by atomic mass is 79.9. The molecule has 7 rings (SSSR count). The minimum absolute atomic E-state index is 0.370. The normalized spacial score (nSPS) is 16.6. The van der Waals surface area contributed by atoms with Gasteiger partial charge in [0.15, 0.2) is 0 Å². The van der Waals surface area contributed by atoms with Crippen LogP contribution in [-0.4, -0.2) is 97.5 Å². The maximum atomic E-state index is 13.5. The van der Waals surface area contributed by atoms with Crippen molar-refractivity contribution in [2.75, 3.05) is 82.3 Å². The van der Waals surface area contributed by atoms with Crippen LogP contribution in [0.4, 0.5) is 28.8 Å². The van der Waals surface area contributed by atoms with Gasteiger partial charge in [0.25, 0.3) is 0 Å². The van der Waals surface area contributed by atoms with Crippen molar-refractivity contribution in [3.63, 3.8) is 0 Å². The summed E-state index contributed by atoms with van der Waals surface area (Å²) in [6, 6.07) is 14.5. The van der Waals surface area contributed by atoms with Gasteiger partial charge in [-0.2, -0.15) is 4.98 Å². The van der Waals surface area contributed by atoms with Gasteiger partial charge in [-0.3, -0.25) is 9.88 Å². The van der Waals surface area contributed by atoms with E-state index in [0.29, 0.717) is 33.7 Å². The molecule has 11 nitrogen and oxygen atoms in total. The van der Waals surface area contributed by atoms with Crippen molar-refractivity contribution in [1.29, 1.82) is 0 Å². The summed E-state index contributed by atoms with van der Waals surface area (Å²) in [5, 5.41) is 8.36. The first-order valence-electron chi connectivity index (χ1n) is 16.6. The minimum Gasteiger partial charge on any atom is -0.494 e. The molecule has 2 saturated heterocycles. The summed E-state index contributed by atoms with van der Waals surface area (Å²) in [6.07, 6.45) is 9.13. The number of fused-ring (bicyclic) bond motifs is 1. The number of nitrogens with zero attached hydrogens (tertiary/aromatic N) is 6. The van der Waals surface area contributed by atoms with Gasteiger partial charge in [-0.25, -0.2) is 4.98 Å². The van der Waals surface area contributed by atoms with Crippen LogP contribution < -0.4 is 25.6 Å². The summed E-state index contributed by atoms with van der Waals surface area (Å²) in [5.41, 5.74) is 5.29. The fourth-order valence-corrected chi connectivity index (χ4v) is 8.72. The van der Waals surface area contributed by atoms with Crippen molar-refractivity contribution in [1.82, 2.24) is 24.8 Å². The average molecular weight is 746 g/mol. The number of methoxy groups -OCH3 is 1. The molecule has 0 unspecified atom stereocenters. The number of pyridine rings is 1. The van der Waals surface area contributed by atoms with E-state index in [1.807, 2.05) is 30.3 Å². The van der Waals surface area contributed by atoms with Gasteiger partial charge in [0, 0.05) is 85.1 Å². The molecule has 0 atom stereocenters. The van der Waals surface area contributed by atoms with Crippen molar-refractivity contribution in [2.24, 2.45) is 0 Å². The molecule has 2 aromatic carbocycles. The largest absolute Gasteiger partial charge is 0.494 e. The molecular weight excluding hydrogens is 703 g/mol. The summed E-state index contributed by atoms with van der Waals surface area (Å²) < 4.78 is 25.7. The quantitative estimate of drug-likeness (QED) is 0.152. The summed E-state index contributed by atoms with van der Waals surface area (Å²) in [6.45, 7) is 10.0. The van der Waals surface area contributed by atoms with E-state index in [0.717, 1.165) is 90.8 Å². The minimum atomic E-state index is -2.70. The van der Waals surface area contributed by atoms with Crippen molar-refractivity contribution in [2.45, 2.75) is 18.9 Å². The molecule has 0 amide bonds. The molecule has 2 fully saturated rings. The van der Waals surface area contributed by atoms with Gasteiger partial charge < -0.3 is 34.2 Å². The number of benzene rings is 2. The Labute approximate surface area is 295 Å². The molecule has 2 aliphatic rings. The Kier molecular flexibility index (Phi) is 9.66. The molecule has 2 aliphatic heterocycles. The Morgan fingerprint density at radius 2 is 1.73 bits per heavy atom. The second-order valence-corrected chi connectivity index (χ2v) is 17.2. The highest BCUT2D eigenvalue weighted by Crippen LogP contribution is 2.43. The van der Waals surface area contributed by atoms with Gasteiger partial charge in [-0.15, -0.1) is 0 Å². The number of nitrogens with one attached hydrogen (secondary N) is 2. The zero-order chi connectivity index (χ0) is 34.1. The van der Waals surface area contributed by atoms with E-state index in [-0.39, 0.29) is 0 Å². The molecule has 5 aromatic rings. The van der Waals surface area contributed by atoms with Gasteiger partial charge in [0.05, 0.1) is 47.2 Å². The SMILES string of the molecule is COc1cc(N2CCC(N3CCN(C)CC3)CC2)c(-c2ccoc2)cc1Nc1ncc(Br)c(Nc2cnc3ccccc3c2P(C)(C)=O)n1. The van der Waals surface area contributed by atoms with Gasteiger partial charge in [-0.1, -0.05) is 18.2 Å². The summed E-state index contributed by atoms with van der Waals surface area (Å²) >= 11 is 3.60. The van der Waals surface area contributed by atoms with E-state index in [9.17, 15) is 4.57 Å². The summed E-state index contributed by atoms with van der Waals surface area (Å²) in [5.74, 6) is 1.57. The Balaban J connectivity index is 1.17. The smallest absolute Gasteiger partial charge is 0.229 e. The number of likely N-dealkylation sites (N-methyl/N-ethyl adjacent to an activating group) is 1. The number of halogens is 1. The molecule has 0 bridgehead atoms. The number of hydrogen-bond acceptors (Lipinski definition) is 11. The number of ether oxygens (including phenoxy) is 1. The van der Waals surface area contributed by atoms with Crippen molar-refractivity contribution in [3.8, 4) is 16.9 Å². The lowest BCUT2D eigenvalue weighted by molar-refractivity contribution is 0.0982. The molecule has 0 spiro atoms. The number of hydrogen-bond donors (Lipinski definition) is 2. The van der Waals surface area contributed by atoms with Gasteiger partial charge >= 0.3 is 0 Å². The first kappa shape index (κ1) is 33.5.